The molecule has 0 amide bonds. The monoisotopic (exact) mass is 176 g/mol. The van der Waals surface area contributed by atoms with Gasteiger partial charge in [-0.2, -0.15) is 0 Å². The summed E-state index contributed by atoms with van der Waals surface area (Å²) >= 11 is 1.95. The summed E-state index contributed by atoms with van der Waals surface area (Å²) in [7, 11) is 0. The summed E-state index contributed by atoms with van der Waals surface area (Å²) in [5.74, 6) is 1.17. The summed E-state index contributed by atoms with van der Waals surface area (Å²) in [6.45, 7) is 2.22. The van der Waals surface area contributed by atoms with Crippen LogP contribution < -0.4 is 0 Å². The zero-order valence-electron chi connectivity index (χ0n) is 7.21. The van der Waals surface area contributed by atoms with Gasteiger partial charge in [0.15, 0.2) is 0 Å². The predicted octanol–water partition coefficient (Wildman–Crippen LogP) is 3.59. The largest absolute Gasteiger partial charge is 0.121 e. The minimum absolute atomic E-state index is 1.17. The Kier molecular flexibility index (Phi) is 2.22. The Bertz CT molecular complexity index is 313. The van der Waals surface area contributed by atoms with E-state index < -0.39 is 0 Å². The molecule has 62 valence electrons. The van der Waals surface area contributed by atoms with E-state index in [0.717, 1.165) is 0 Å². The van der Waals surface area contributed by atoms with Gasteiger partial charge in [-0.05, 0) is 18.1 Å². The Hall–Kier alpha value is -0.690. The van der Waals surface area contributed by atoms with E-state index >= 15 is 0 Å². The van der Waals surface area contributed by atoms with Gasteiger partial charge >= 0.3 is 0 Å². The first-order valence-electron chi connectivity index (χ1n) is 4.31. The fourth-order valence-electron chi connectivity index (χ4n) is 1.37. The highest BCUT2D eigenvalue weighted by Crippen LogP contribution is 2.32. The van der Waals surface area contributed by atoms with Crippen molar-refractivity contribution in [3.63, 3.8) is 0 Å². The number of benzene rings is 1. The molecule has 1 aliphatic heterocycles. The molecule has 0 aromatic heterocycles. The third kappa shape index (κ3) is 1.42. The summed E-state index contributed by atoms with van der Waals surface area (Å²) in [6, 6.07) is 8.60. The number of fused-ring (bicyclic) bond motifs is 1. The molecule has 0 unspecified atom stereocenters. The van der Waals surface area contributed by atoms with Crippen molar-refractivity contribution in [3.8, 4) is 0 Å². The van der Waals surface area contributed by atoms with E-state index in [1.807, 2.05) is 11.8 Å². The molecular formula is C11H12S. The van der Waals surface area contributed by atoms with Gasteiger partial charge in [0, 0.05) is 10.6 Å². The lowest BCUT2D eigenvalue weighted by Crippen LogP contribution is -1.93. The molecule has 0 bridgehead atoms. The Labute approximate surface area is 77.7 Å². The molecule has 0 radical (unpaired) electrons. The third-order valence-electron chi connectivity index (χ3n) is 2.15. The molecule has 0 saturated heterocycles. The van der Waals surface area contributed by atoms with Gasteiger partial charge in [-0.25, -0.2) is 0 Å². The van der Waals surface area contributed by atoms with Crippen molar-refractivity contribution in [2.45, 2.75) is 18.2 Å². The fourth-order valence-corrected chi connectivity index (χ4v) is 2.46. The van der Waals surface area contributed by atoms with Crippen molar-refractivity contribution in [2.75, 3.05) is 5.75 Å². The summed E-state index contributed by atoms with van der Waals surface area (Å²) in [6.07, 6.45) is 3.51. The van der Waals surface area contributed by atoms with Gasteiger partial charge in [-0.15, -0.1) is 11.8 Å². The van der Waals surface area contributed by atoms with Crippen LogP contribution in [0.3, 0.4) is 0 Å². The lowest BCUT2D eigenvalue weighted by Gasteiger charge is -2.14. The van der Waals surface area contributed by atoms with Gasteiger partial charge in [0.1, 0.15) is 0 Å². The fraction of sp³-hybridized carbons (Fsp3) is 0.273. The maximum Gasteiger partial charge on any atom is 0.0194 e. The Balaban J connectivity index is 2.41. The van der Waals surface area contributed by atoms with E-state index in [1.54, 1.807) is 5.57 Å². The van der Waals surface area contributed by atoms with Gasteiger partial charge < -0.3 is 0 Å². The number of hydrogen-bond acceptors (Lipinski definition) is 1. The molecule has 0 spiro atoms. The first-order chi connectivity index (χ1) is 5.90. The van der Waals surface area contributed by atoms with Crippen molar-refractivity contribution in [1.29, 1.82) is 0 Å². The first-order valence-corrected chi connectivity index (χ1v) is 5.30. The molecule has 0 saturated carbocycles. The average molecular weight is 176 g/mol. The summed E-state index contributed by atoms with van der Waals surface area (Å²) in [5.41, 5.74) is 2.95. The number of rotatable bonds is 1. The average Bonchev–Trinajstić information content (AvgIpc) is 2.17. The molecule has 0 fully saturated rings. The second kappa shape index (κ2) is 3.36. The molecule has 1 heteroatoms. The minimum Gasteiger partial charge on any atom is -0.121 e. The topological polar surface area (TPSA) is 0 Å². The van der Waals surface area contributed by atoms with Gasteiger partial charge in [-0.1, -0.05) is 36.8 Å². The zero-order chi connectivity index (χ0) is 8.39. The van der Waals surface area contributed by atoms with E-state index in [0.29, 0.717) is 0 Å². The molecule has 1 aromatic rings. The van der Waals surface area contributed by atoms with Crippen LogP contribution in [0.15, 0.2) is 34.7 Å². The lowest BCUT2D eigenvalue weighted by atomic mass is 10.1. The van der Waals surface area contributed by atoms with Crippen molar-refractivity contribution in [2.24, 2.45) is 0 Å². The molecule has 1 aliphatic rings. The van der Waals surface area contributed by atoms with Crippen LogP contribution in [0, 0.1) is 0 Å². The maximum absolute atomic E-state index is 2.33. The van der Waals surface area contributed by atoms with Crippen molar-refractivity contribution in [1.82, 2.24) is 0 Å². The SMILES string of the molecule is CCC1=Cc2ccccc2SC1. The minimum atomic E-state index is 1.17. The van der Waals surface area contributed by atoms with Crippen LogP contribution in [0.5, 0.6) is 0 Å². The van der Waals surface area contributed by atoms with E-state index in [4.69, 9.17) is 0 Å². The second-order valence-corrected chi connectivity index (χ2v) is 4.00. The third-order valence-corrected chi connectivity index (χ3v) is 3.34. The van der Waals surface area contributed by atoms with Crippen LogP contribution >= 0.6 is 11.8 Å². The normalized spacial score (nSPS) is 15.2. The van der Waals surface area contributed by atoms with Gasteiger partial charge in [0.25, 0.3) is 0 Å². The molecule has 2 rings (SSSR count). The van der Waals surface area contributed by atoms with E-state index in [-0.39, 0.29) is 0 Å². The van der Waals surface area contributed by atoms with E-state index in [2.05, 4.69) is 37.3 Å². The summed E-state index contributed by atoms with van der Waals surface area (Å²) in [4.78, 5) is 1.43. The standard InChI is InChI=1S/C11H12S/c1-2-9-7-10-5-3-4-6-11(10)12-8-9/h3-7H,2,8H2,1H3. The Morgan fingerprint density at radius 1 is 1.33 bits per heavy atom. The molecular weight excluding hydrogens is 164 g/mol. The molecule has 0 atom stereocenters. The highest BCUT2D eigenvalue weighted by Gasteiger charge is 2.07. The maximum atomic E-state index is 2.33. The molecule has 0 aliphatic carbocycles. The van der Waals surface area contributed by atoms with Crippen LogP contribution in [0.25, 0.3) is 6.08 Å². The van der Waals surface area contributed by atoms with E-state index in [1.165, 1.54) is 22.6 Å². The lowest BCUT2D eigenvalue weighted by molar-refractivity contribution is 1.11. The number of thioether (sulfide) groups is 1. The summed E-state index contributed by atoms with van der Waals surface area (Å²) in [5, 5.41) is 0. The Morgan fingerprint density at radius 3 is 3.00 bits per heavy atom. The highest BCUT2D eigenvalue weighted by molar-refractivity contribution is 7.99. The zero-order valence-corrected chi connectivity index (χ0v) is 8.03. The summed E-state index contributed by atoms with van der Waals surface area (Å²) < 4.78 is 0. The van der Waals surface area contributed by atoms with Crippen LogP contribution in [0.1, 0.15) is 18.9 Å². The smallest absolute Gasteiger partial charge is 0.0194 e. The van der Waals surface area contributed by atoms with E-state index in [9.17, 15) is 0 Å². The van der Waals surface area contributed by atoms with Crippen molar-refractivity contribution in [3.05, 3.63) is 35.4 Å². The molecule has 12 heavy (non-hydrogen) atoms. The van der Waals surface area contributed by atoms with Crippen LogP contribution in [0.2, 0.25) is 0 Å². The molecule has 1 aromatic carbocycles. The Morgan fingerprint density at radius 2 is 2.17 bits per heavy atom. The molecule has 1 heterocycles. The van der Waals surface area contributed by atoms with Crippen molar-refractivity contribution >= 4 is 17.8 Å². The van der Waals surface area contributed by atoms with Gasteiger partial charge in [0.05, 0.1) is 0 Å². The number of hydrogen-bond donors (Lipinski definition) is 0. The predicted molar refractivity (Wildman–Crippen MR) is 55.4 cm³/mol. The molecule has 0 N–H and O–H groups in total. The van der Waals surface area contributed by atoms with Gasteiger partial charge in [0.2, 0.25) is 0 Å². The van der Waals surface area contributed by atoms with Crippen molar-refractivity contribution < 1.29 is 0 Å². The van der Waals surface area contributed by atoms with Gasteiger partial charge in [-0.3, -0.25) is 0 Å². The first kappa shape index (κ1) is 7.93. The highest BCUT2D eigenvalue weighted by atomic mass is 32.2. The van der Waals surface area contributed by atoms with Crippen LogP contribution in [-0.2, 0) is 0 Å². The van der Waals surface area contributed by atoms with Crippen LogP contribution in [0.4, 0.5) is 0 Å². The molecule has 0 nitrogen and oxygen atoms in total. The second-order valence-electron chi connectivity index (χ2n) is 2.98. The van der Waals surface area contributed by atoms with Crippen LogP contribution in [-0.4, -0.2) is 5.75 Å². The quantitative estimate of drug-likeness (QED) is 0.630.